The van der Waals surface area contributed by atoms with Gasteiger partial charge in [-0.15, -0.1) is 0 Å². The number of nitrogens with zero attached hydrogens (tertiary/aromatic N) is 2. The summed E-state index contributed by atoms with van der Waals surface area (Å²) < 4.78 is 5.53. The molecule has 1 atom stereocenters. The zero-order valence-electron chi connectivity index (χ0n) is 17.4. The van der Waals surface area contributed by atoms with Crippen molar-refractivity contribution in [3.8, 4) is 5.75 Å². The molecule has 1 saturated heterocycles. The second-order valence-electron chi connectivity index (χ2n) is 7.85. The fourth-order valence-electron chi connectivity index (χ4n) is 4.55. The van der Waals surface area contributed by atoms with Crippen molar-refractivity contribution in [2.75, 3.05) is 6.61 Å². The van der Waals surface area contributed by atoms with Crippen molar-refractivity contribution in [1.29, 1.82) is 0 Å². The number of Topliss-reactive ketones (excluding diaryl/α,β-unsaturated/α-hetero) is 1. The van der Waals surface area contributed by atoms with E-state index in [0.717, 1.165) is 37.7 Å². The molecule has 0 bridgehead atoms. The first kappa shape index (κ1) is 21.4. The highest BCUT2D eigenvalue weighted by Gasteiger charge is 2.49. The Hall–Kier alpha value is -2.86. The number of hydrogen-bond acceptors (Lipinski definition) is 5. The van der Waals surface area contributed by atoms with Gasteiger partial charge in [0.1, 0.15) is 11.5 Å². The monoisotopic (exact) mass is 440 g/mol. The highest BCUT2D eigenvalue weighted by Crippen LogP contribution is 2.43. The molecule has 1 aromatic heterocycles. The molecule has 2 aromatic rings. The molecular formula is C24H25ClN2O4. The van der Waals surface area contributed by atoms with Crippen LogP contribution in [-0.2, 0) is 9.59 Å². The number of benzene rings is 1. The van der Waals surface area contributed by atoms with Gasteiger partial charge in [0.2, 0.25) is 0 Å². The highest BCUT2D eigenvalue weighted by molar-refractivity contribution is 6.47. The zero-order chi connectivity index (χ0) is 22.0. The van der Waals surface area contributed by atoms with Crippen LogP contribution >= 0.6 is 11.6 Å². The first-order valence-corrected chi connectivity index (χ1v) is 11.0. The van der Waals surface area contributed by atoms with Gasteiger partial charge in [-0.25, -0.2) is 0 Å². The number of likely N-dealkylation sites (tertiary alicyclic amines) is 1. The summed E-state index contributed by atoms with van der Waals surface area (Å²) >= 11 is 6.36. The number of ketones is 1. The number of amides is 1. The van der Waals surface area contributed by atoms with E-state index in [2.05, 4.69) is 4.98 Å². The van der Waals surface area contributed by atoms with Crippen LogP contribution in [0.25, 0.3) is 5.76 Å². The largest absolute Gasteiger partial charge is 0.507 e. The van der Waals surface area contributed by atoms with Gasteiger partial charge in [-0.1, -0.05) is 30.9 Å². The number of carbonyl (C=O) groups is 2. The number of rotatable bonds is 5. The predicted octanol–water partition coefficient (Wildman–Crippen LogP) is 4.89. The summed E-state index contributed by atoms with van der Waals surface area (Å²) in [5.74, 6) is -1.03. The molecule has 4 rings (SSSR count). The van der Waals surface area contributed by atoms with E-state index in [1.54, 1.807) is 47.6 Å². The number of halogens is 1. The van der Waals surface area contributed by atoms with Crippen LogP contribution in [0.3, 0.4) is 0 Å². The van der Waals surface area contributed by atoms with Gasteiger partial charge in [-0.3, -0.25) is 14.6 Å². The Morgan fingerprint density at radius 1 is 1.16 bits per heavy atom. The smallest absolute Gasteiger partial charge is 0.295 e. The molecule has 7 heteroatoms. The van der Waals surface area contributed by atoms with E-state index in [4.69, 9.17) is 16.3 Å². The Morgan fingerprint density at radius 2 is 1.87 bits per heavy atom. The minimum Gasteiger partial charge on any atom is -0.507 e. The van der Waals surface area contributed by atoms with E-state index < -0.39 is 17.7 Å². The summed E-state index contributed by atoms with van der Waals surface area (Å²) in [6.07, 6.45) is 8.08. The Bertz CT molecular complexity index is 1020. The minimum absolute atomic E-state index is 0.0427. The molecule has 162 valence electrons. The first-order valence-electron chi connectivity index (χ1n) is 10.7. The van der Waals surface area contributed by atoms with E-state index in [1.165, 1.54) is 0 Å². The standard InChI is InChI=1S/C24H25ClN2O4/c1-2-31-17-8-9-19(25)18(14-17)22(28)20-21(15-10-12-26-13-11-15)27(24(30)23(20)29)16-6-4-3-5-7-16/h8-14,16,21,28H,2-7H2,1H3/b22-20+. The van der Waals surface area contributed by atoms with E-state index in [1.807, 2.05) is 6.92 Å². The summed E-state index contributed by atoms with van der Waals surface area (Å²) in [4.78, 5) is 32.0. The number of pyridine rings is 1. The number of ether oxygens (including phenoxy) is 1. The van der Waals surface area contributed by atoms with Crippen molar-refractivity contribution in [3.63, 3.8) is 0 Å². The fourth-order valence-corrected chi connectivity index (χ4v) is 4.75. The van der Waals surface area contributed by atoms with E-state index >= 15 is 0 Å². The van der Waals surface area contributed by atoms with Gasteiger partial charge in [0.05, 0.1) is 23.2 Å². The Kier molecular flexibility index (Phi) is 6.28. The van der Waals surface area contributed by atoms with Crippen LogP contribution in [0.5, 0.6) is 5.75 Å². The van der Waals surface area contributed by atoms with Crippen LogP contribution in [0.15, 0.2) is 48.3 Å². The summed E-state index contributed by atoms with van der Waals surface area (Å²) in [7, 11) is 0. The maximum atomic E-state index is 13.2. The summed E-state index contributed by atoms with van der Waals surface area (Å²) in [6, 6.07) is 7.73. The topological polar surface area (TPSA) is 79.7 Å². The van der Waals surface area contributed by atoms with Gasteiger partial charge in [0.25, 0.3) is 11.7 Å². The molecular weight excluding hydrogens is 416 g/mol. The zero-order valence-corrected chi connectivity index (χ0v) is 18.1. The SMILES string of the molecule is CCOc1ccc(Cl)c(/C(O)=C2\C(=O)C(=O)N(C3CCCCC3)C2c2ccncc2)c1. The molecule has 2 heterocycles. The molecule has 2 fully saturated rings. The lowest BCUT2D eigenvalue weighted by molar-refractivity contribution is -0.141. The van der Waals surface area contributed by atoms with Crippen molar-refractivity contribution in [1.82, 2.24) is 9.88 Å². The van der Waals surface area contributed by atoms with E-state index in [0.29, 0.717) is 12.4 Å². The second-order valence-corrected chi connectivity index (χ2v) is 8.26. The molecule has 0 spiro atoms. The molecule has 31 heavy (non-hydrogen) atoms. The molecule has 0 radical (unpaired) electrons. The van der Waals surface area contributed by atoms with Crippen LogP contribution < -0.4 is 4.74 Å². The average molecular weight is 441 g/mol. The Balaban J connectivity index is 1.87. The normalized spacial score (nSPS) is 21.5. The van der Waals surface area contributed by atoms with Crippen LogP contribution in [0, 0.1) is 0 Å². The number of aromatic nitrogens is 1. The lowest BCUT2D eigenvalue weighted by Gasteiger charge is -2.35. The van der Waals surface area contributed by atoms with Crippen LogP contribution in [0.1, 0.15) is 56.2 Å². The van der Waals surface area contributed by atoms with Crippen molar-refractivity contribution in [2.24, 2.45) is 0 Å². The summed E-state index contributed by atoms with van der Waals surface area (Å²) in [6.45, 7) is 2.30. The molecule has 1 amide bonds. The van der Waals surface area contributed by atoms with Gasteiger partial charge >= 0.3 is 0 Å². The molecule has 2 aliphatic rings. The van der Waals surface area contributed by atoms with Gasteiger partial charge in [-0.05, 0) is 55.7 Å². The van der Waals surface area contributed by atoms with E-state index in [9.17, 15) is 14.7 Å². The minimum atomic E-state index is -0.692. The number of aliphatic hydroxyl groups excluding tert-OH is 1. The number of hydrogen-bond donors (Lipinski definition) is 1. The maximum Gasteiger partial charge on any atom is 0.295 e. The first-order chi connectivity index (χ1) is 15.0. The Morgan fingerprint density at radius 3 is 2.55 bits per heavy atom. The third-order valence-electron chi connectivity index (χ3n) is 5.97. The van der Waals surface area contributed by atoms with Gasteiger partial charge in [0.15, 0.2) is 0 Å². The average Bonchev–Trinajstić information content (AvgIpc) is 3.06. The Labute approximate surface area is 186 Å². The molecule has 6 nitrogen and oxygen atoms in total. The maximum absolute atomic E-state index is 13.2. The summed E-state index contributed by atoms with van der Waals surface area (Å²) in [5, 5.41) is 11.5. The van der Waals surface area contributed by atoms with Crippen LogP contribution in [0.2, 0.25) is 5.02 Å². The highest BCUT2D eigenvalue weighted by atomic mass is 35.5. The van der Waals surface area contributed by atoms with E-state index in [-0.39, 0.29) is 28.0 Å². The van der Waals surface area contributed by atoms with Crippen molar-refractivity contribution < 1.29 is 19.4 Å². The molecule has 1 saturated carbocycles. The third kappa shape index (κ3) is 4.04. The van der Waals surface area contributed by atoms with Crippen molar-refractivity contribution in [2.45, 2.75) is 51.1 Å². The quantitative estimate of drug-likeness (QED) is 0.407. The molecule has 1 aliphatic heterocycles. The van der Waals surface area contributed by atoms with Crippen LogP contribution in [0.4, 0.5) is 0 Å². The van der Waals surface area contributed by atoms with Gasteiger partial charge < -0.3 is 14.7 Å². The molecule has 1 aliphatic carbocycles. The number of aliphatic hydroxyl groups is 1. The molecule has 1 N–H and O–H groups in total. The summed E-state index contributed by atoms with van der Waals surface area (Å²) in [5.41, 5.74) is 1.06. The second kappa shape index (κ2) is 9.10. The fraction of sp³-hybridized carbons (Fsp3) is 0.375. The van der Waals surface area contributed by atoms with Gasteiger partial charge in [-0.2, -0.15) is 0 Å². The lowest BCUT2D eigenvalue weighted by atomic mass is 9.91. The molecule has 1 aromatic carbocycles. The van der Waals surface area contributed by atoms with Crippen molar-refractivity contribution in [3.05, 3.63) is 64.4 Å². The lowest BCUT2D eigenvalue weighted by Crippen LogP contribution is -2.40. The van der Waals surface area contributed by atoms with Crippen LogP contribution in [-0.4, -0.2) is 39.3 Å². The third-order valence-corrected chi connectivity index (χ3v) is 6.30. The van der Waals surface area contributed by atoms with Gasteiger partial charge in [0, 0.05) is 24.0 Å². The number of carbonyl (C=O) groups excluding carboxylic acids is 2. The van der Waals surface area contributed by atoms with Crippen molar-refractivity contribution >= 4 is 29.1 Å². The predicted molar refractivity (Wildman–Crippen MR) is 118 cm³/mol. The molecule has 1 unspecified atom stereocenters.